The van der Waals surface area contributed by atoms with Crippen molar-refractivity contribution in [2.75, 3.05) is 6.26 Å². The molecule has 0 saturated heterocycles. The monoisotopic (exact) mass is 337 g/mol. The highest BCUT2D eigenvalue weighted by Gasteiger charge is 2.37. The van der Waals surface area contributed by atoms with Crippen LogP contribution >= 0.6 is 11.8 Å². The quantitative estimate of drug-likeness (QED) is 0.529. The van der Waals surface area contributed by atoms with Gasteiger partial charge in [0.15, 0.2) is 0 Å². The molecule has 0 atom stereocenters. The number of halogens is 6. The molecule has 0 spiro atoms. The van der Waals surface area contributed by atoms with Crippen LogP contribution < -0.4 is 0 Å². The zero-order valence-electron chi connectivity index (χ0n) is 11.1. The molecule has 0 amide bonds. The highest BCUT2D eigenvalue weighted by molar-refractivity contribution is 7.98. The number of hydrogen-bond acceptors (Lipinski definition) is 2. The molecule has 0 aliphatic heterocycles. The van der Waals surface area contributed by atoms with Gasteiger partial charge in [-0.2, -0.15) is 26.3 Å². The summed E-state index contributed by atoms with van der Waals surface area (Å²) in [5.74, 6) is 0. The first kappa shape index (κ1) is 16.7. The normalized spacial score (nSPS) is 12.5. The van der Waals surface area contributed by atoms with Crippen molar-refractivity contribution < 1.29 is 26.3 Å². The third-order valence-electron chi connectivity index (χ3n) is 2.85. The van der Waals surface area contributed by atoms with Crippen molar-refractivity contribution >= 4 is 11.8 Å². The molecule has 22 heavy (non-hydrogen) atoms. The van der Waals surface area contributed by atoms with Crippen LogP contribution in [0.3, 0.4) is 0 Å². The van der Waals surface area contributed by atoms with Gasteiger partial charge in [-0.1, -0.05) is 0 Å². The molecule has 0 radical (unpaired) electrons. The smallest absolute Gasteiger partial charge is 0.256 e. The number of nitrogens with zero attached hydrogens (tertiary/aromatic N) is 1. The van der Waals surface area contributed by atoms with E-state index < -0.39 is 23.5 Å². The van der Waals surface area contributed by atoms with E-state index in [2.05, 4.69) is 4.98 Å². The average molecular weight is 337 g/mol. The van der Waals surface area contributed by atoms with Gasteiger partial charge >= 0.3 is 12.4 Å². The fourth-order valence-electron chi connectivity index (χ4n) is 1.80. The molecule has 1 heterocycles. The lowest BCUT2D eigenvalue weighted by atomic mass is 10.0. The molecule has 0 fully saturated rings. The number of hydrogen-bond donors (Lipinski definition) is 0. The van der Waals surface area contributed by atoms with Gasteiger partial charge in [0.1, 0.15) is 0 Å². The van der Waals surface area contributed by atoms with Crippen molar-refractivity contribution in [1.29, 1.82) is 0 Å². The Labute approximate surface area is 126 Å². The van der Waals surface area contributed by atoms with Gasteiger partial charge in [0, 0.05) is 16.7 Å². The van der Waals surface area contributed by atoms with E-state index in [-0.39, 0.29) is 17.3 Å². The van der Waals surface area contributed by atoms with Crippen molar-refractivity contribution in [3.8, 4) is 11.3 Å². The topological polar surface area (TPSA) is 12.9 Å². The molecule has 1 nitrogen and oxygen atoms in total. The van der Waals surface area contributed by atoms with Crippen LogP contribution in [0.15, 0.2) is 41.4 Å². The summed E-state index contributed by atoms with van der Waals surface area (Å²) in [7, 11) is 0. The lowest BCUT2D eigenvalue weighted by molar-refractivity contribution is -0.143. The Hall–Kier alpha value is -1.70. The standard InChI is InChI=1S/C14H9F6NS/c1-22-11-2-3-21-12(7-11)8-4-9(13(15,16)17)6-10(5-8)14(18,19)20/h2-7H,1H3. The van der Waals surface area contributed by atoms with Crippen LogP contribution in [0.25, 0.3) is 11.3 Å². The molecule has 0 bridgehead atoms. The highest BCUT2D eigenvalue weighted by atomic mass is 32.2. The first-order chi connectivity index (χ1) is 10.1. The molecule has 0 saturated carbocycles. The third kappa shape index (κ3) is 3.73. The van der Waals surface area contributed by atoms with Crippen molar-refractivity contribution in [3.63, 3.8) is 0 Å². The van der Waals surface area contributed by atoms with Gasteiger partial charge in [-0.25, -0.2) is 0 Å². The number of thioether (sulfide) groups is 1. The van der Waals surface area contributed by atoms with Gasteiger partial charge in [0.05, 0.1) is 16.8 Å². The molecule has 118 valence electrons. The first-order valence-corrected chi connectivity index (χ1v) is 7.13. The summed E-state index contributed by atoms with van der Waals surface area (Å²) in [5.41, 5.74) is -2.87. The van der Waals surface area contributed by atoms with Crippen LogP contribution in [0.1, 0.15) is 11.1 Å². The number of rotatable bonds is 2. The molecule has 0 aliphatic carbocycles. The molecule has 1 aromatic carbocycles. The third-order valence-corrected chi connectivity index (χ3v) is 3.58. The van der Waals surface area contributed by atoms with Crippen LogP contribution in [0, 0.1) is 0 Å². The number of alkyl halides is 6. The zero-order valence-corrected chi connectivity index (χ0v) is 11.9. The minimum atomic E-state index is -4.87. The summed E-state index contributed by atoms with van der Waals surface area (Å²) >= 11 is 1.31. The molecule has 0 unspecified atom stereocenters. The predicted molar refractivity (Wildman–Crippen MR) is 71.5 cm³/mol. The van der Waals surface area contributed by atoms with Crippen LogP contribution in [-0.2, 0) is 12.4 Å². The molecule has 2 rings (SSSR count). The minimum absolute atomic E-state index is 0.0588. The summed E-state index contributed by atoms with van der Waals surface area (Å²) in [5, 5.41) is 0. The van der Waals surface area contributed by atoms with Crippen LogP contribution in [0.2, 0.25) is 0 Å². The van der Waals surface area contributed by atoms with Gasteiger partial charge in [0.2, 0.25) is 0 Å². The Kier molecular flexibility index (Phi) is 4.42. The van der Waals surface area contributed by atoms with Crippen molar-refractivity contribution in [2.45, 2.75) is 17.2 Å². The van der Waals surface area contributed by atoms with E-state index in [1.165, 1.54) is 24.0 Å². The Bertz CT molecular complexity index is 646. The number of aromatic nitrogens is 1. The van der Waals surface area contributed by atoms with E-state index in [0.29, 0.717) is 17.0 Å². The summed E-state index contributed by atoms with van der Waals surface area (Å²) < 4.78 is 76.8. The second-order valence-corrected chi connectivity index (χ2v) is 5.26. The Balaban J connectivity index is 2.64. The van der Waals surface area contributed by atoms with E-state index in [4.69, 9.17) is 0 Å². The molecule has 1 aromatic heterocycles. The molecule has 2 aromatic rings. The van der Waals surface area contributed by atoms with Crippen molar-refractivity contribution in [3.05, 3.63) is 47.7 Å². The lowest BCUT2D eigenvalue weighted by Gasteiger charge is -2.14. The van der Waals surface area contributed by atoms with Gasteiger partial charge in [-0.15, -0.1) is 11.8 Å². The van der Waals surface area contributed by atoms with Gasteiger partial charge < -0.3 is 0 Å². The maximum absolute atomic E-state index is 12.8. The Morgan fingerprint density at radius 2 is 1.41 bits per heavy atom. The maximum atomic E-state index is 12.8. The highest BCUT2D eigenvalue weighted by Crippen LogP contribution is 2.38. The Morgan fingerprint density at radius 1 is 0.864 bits per heavy atom. The minimum Gasteiger partial charge on any atom is -0.256 e. The van der Waals surface area contributed by atoms with Crippen molar-refractivity contribution in [2.24, 2.45) is 0 Å². The molecular formula is C14H9F6NS. The largest absolute Gasteiger partial charge is 0.416 e. The van der Waals surface area contributed by atoms with Gasteiger partial charge in [0.25, 0.3) is 0 Å². The SMILES string of the molecule is CSc1ccnc(-c2cc(C(F)(F)F)cc(C(F)(F)F)c2)c1. The van der Waals surface area contributed by atoms with E-state index in [0.717, 1.165) is 0 Å². The van der Waals surface area contributed by atoms with Crippen LogP contribution in [0.4, 0.5) is 26.3 Å². The zero-order chi connectivity index (χ0) is 16.5. The second kappa shape index (κ2) is 5.83. The summed E-state index contributed by atoms with van der Waals surface area (Å²) in [4.78, 5) is 4.55. The summed E-state index contributed by atoms with van der Waals surface area (Å²) in [6.07, 6.45) is -6.65. The van der Waals surface area contributed by atoms with E-state index in [9.17, 15) is 26.3 Å². The average Bonchev–Trinajstić information content (AvgIpc) is 2.45. The fraction of sp³-hybridized carbons (Fsp3) is 0.214. The summed E-state index contributed by atoms with van der Waals surface area (Å²) in [6.45, 7) is 0. The van der Waals surface area contributed by atoms with E-state index >= 15 is 0 Å². The molecular weight excluding hydrogens is 328 g/mol. The van der Waals surface area contributed by atoms with E-state index in [1.54, 1.807) is 12.3 Å². The van der Waals surface area contributed by atoms with Crippen LogP contribution in [-0.4, -0.2) is 11.2 Å². The first-order valence-electron chi connectivity index (χ1n) is 5.91. The van der Waals surface area contributed by atoms with Crippen LogP contribution in [0.5, 0.6) is 0 Å². The Morgan fingerprint density at radius 3 is 1.86 bits per heavy atom. The predicted octanol–water partition coefficient (Wildman–Crippen LogP) is 5.51. The summed E-state index contributed by atoms with van der Waals surface area (Å²) in [6, 6.07) is 4.50. The fourth-order valence-corrected chi connectivity index (χ4v) is 2.23. The molecule has 0 aliphatic rings. The molecule has 0 N–H and O–H groups in total. The second-order valence-electron chi connectivity index (χ2n) is 4.38. The van der Waals surface area contributed by atoms with Gasteiger partial charge in [-0.3, -0.25) is 4.98 Å². The number of benzene rings is 1. The number of pyridine rings is 1. The molecule has 8 heteroatoms. The van der Waals surface area contributed by atoms with Gasteiger partial charge in [-0.05, 0) is 36.6 Å². The lowest BCUT2D eigenvalue weighted by Crippen LogP contribution is -2.11. The van der Waals surface area contributed by atoms with Crippen molar-refractivity contribution in [1.82, 2.24) is 4.98 Å². The maximum Gasteiger partial charge on any atom is 0.416 e. The van der Waals surface area contributed by atoms with E-state index in [1.807, 2.05) is 0 Å².